The van der Waals surface area contributed by atoms with Crippen LogP contribution in [0.25, 0.3) is 0 Å². The third kappa shape index (κ3) is 2.92. The highest BCUT2D eigenvalue weighted by Crippen LogP contribution is 2.29. The lowest BCUT2D eigenvalue weighted by atomic mass is 10.1. The minimum Gasteiger partial charge on any atom is -0.270 e. The molecule has 2 aliphatic heterocycles. The number of piperidine rings is 1. The average Bonchev–Trinajstić information content (AvgIpc) is 2.93. The Morgan fingerprint density at radius 1 is 1.00 bits per heavy atom. The number of carbonyl (C=O) groups excluding carboxylic acids is 2. The molecule has 4 rings (SSSR count). The first-order valence-electron chi connectivity index (χ1n) is 8.48. The van der Waals surface area contributed by atoms with E-state index >= 15 is 0 Å². The molecule has 0 atom stereocenters. The van der Waals surface area contributed by atoms with Crippen LogP contribution in [0.5, 0.6) is 0 Å². The number of sulfonamides is 1. The van der Waals surface area contributed by atoms with Gasteiger partial charge in [-0.1, -0.05) is 0 Å². The van der Waals surface area contributed by atoms with E-state index in [4.69, 9.17) is 0 Å². The van der Waals surface area contributed by atoms with Gasteiger partial charge in [0.05, 0.1) is 10.5 Å². The minimum absolute atomic E-state index is 0.0206. The molecule has 1 fully saturated rings. The van der Waals surface area contributed by atoms with Crippen LogP contribution in [0.2, 0.25) is 0 Å². The van der Waals surface area contributed by atoms with Gasteiger partial charge in [-0.05, 0) is 49.2 Å². The summed E-state index contributed by atoms with van der Waals surface area (Å²) in [7, 11) is -3.74. The van der Waals surface area contributed by atoms with Gasteiger partial charge < -0.3 is 0 Å². The zero-order valence-electron chi connectivity index (χ0n) is 14.2. The number of benzene rings is 1. The lowest BCUT2D eigenvalue weighted by Crippen LogP contribution is -2.48. The predicted octanol–water partition coefficient (Wildman–Crippen LogP) is 1.67. The van der Waals surface area contributed by atoms with E-state index in [1.807, 2.05) is 0 Å². The Bertz CT molecular complexity index is 980. The van der Waals surface area contributed by atoms with Crippen LogP contribution in [0.4, 0.5) is 4.39 Å². The Morgan fingerprint density at radius 2 is 1.67 bits per heavy atom. The number of amides is 2. The summed E-state index contributed by atoms with van der Waals surface area (Å²) in [5, 5.41) is 0. The monoisotopic (exact) mass is 389 g/mol. The van der Waals surface area contributed by atoms with Crippen LogP contribution < -0.4 is 0 Å². The first-order valence-corrected chi connectivity index (χ1v) is 9.92. The Balaban J connectivity index is 1.49. The number of fused-ring (bicyclic) bond motifs is 1. The van der Waals surface area contributed by atoms with E-state index in [0.717, 1.165) is 12.1 Å². The maximum Gasteiger partial charge on any atom is 0.280 e. The van der Waals surface area contributed by atoms with Crippen LogP contribution in [0.3, 0.4) is 0 Å². The van der Waals surface area contributed by atoms with Gasteiger partial charge in [-0.15, -0.1) is 0 Å². The number of hydrogen-bond acceptors (Lipinski definition) is 5. The zero-order valence-corrected chi connectivity index (χ0v) is 15.0. The molecule has 7 nitrogen and oxygen atoms in total. The summed E-state index contributed by atoms with van der Waals surface area (Å²) in [5.41, 5.74) is 0.424. The quantitative estimate of drug-likeness (QED) is 0.746. The molecule has 3 heterocycles. The number of carbonyl (C=O) groups is 2. The molecule has 0 spiro atoms. The molecule has 1 aromatic heterocycles. The molecule has 2 amide bonds. The fraction of sp³-hybridized carbons (Fsp3) is 0.278. The highest BCUT2D eigenvalue weighted by Gasteiger charge is 2.42. The maximum absolute atomic E-state index is 13.0. The van der Waals surface area contributed by atoms with Crippen molar-refractivity contribution in [2.24, 2.45) is 0 Å². The second-order valence-corrected chi connectivity index (χ2v) is 8.41. The van der Waals surface area contributed by atoms with Crippen molar-refractivity contribution in [2.75, 3.05) is 13.1 Å². The number of hydrogen-bond donors (Lipinski definition) is 0. The highest BCUT2D eigenvalue weighted by atomic mass is 32.2. The SMILES string of the molecule is O=C1c2cccnc2C(=O)N1C1CCN(S(=O)(=O)c2ccc(F)cc2)CC1. The predicted molar refractivity (Wildman–Crippen MR) is 92.9 cm³/mol. The summed E-state index contributed by atoms with van der Waals surface area (Å²) in [6.45, 7) is 0.344. The molecular weight excluding hydrogens is 373 g/mol. The average molecular weight is 389 g/mol. The Hall–Kier alpha value is -2.65. The van der Waals surface area contributed by atoms with Crippen molar-refractivity contribution in [2.45, 2.75) is 23.8 Å². The largest absolute Gasteiger partial charge is 0.280 e. The summed E-state index contributed by atoms with van der Waals surface area (Å²) in [6.07, 6.45) is 2.14. The molecule has 27 heavy (non-hydrogen) atoms. The second-order valence-electron chi connectivity index (χ2n) is 6.47. The molecule has 0 bridgehead atoms. The van der Waals surface area contributed by atoms with Crippen molar-refractivity contribution in [3.8, 4) is 0 Å². The lowest BCUT2D eigenvalue weighted by molar-refractivity contribution is 0.0534. The standard InChI is InChI=1S/C18H16FN3O4S/c19-12-3-5-14(6-4-12)27(25,26)21-10-7-13(8-11-21)22-17(23)15-2-1-9-20-16(15)18(22)24/h1-6,9,13H,7-8,10-11H2. The molecule has 0 N–H and O–H groups in total. The van der Waals surface area contributed by atoms with Gasteiger partial charge in [0, 0.05) is 25.3 Å². The number of pyridine rings is 1. The number of nitrogens with zero attached hydrogens (tertiary/aromatic N) is 3. The van der Waals surface area contributed by atoms with Crippen LogP contribution in [-0.4, -0.2) is 53.6 Å². The fourth-order valence-electron chi connectivity index (χ4n) is 3.51. The molecule has 140 valence electrons. The van der Waals surface area contributed by atoms with Gasteiger partial charge in [-0.3, -0.25) is 19.5 Å². The van der Waals surface area contributed by atoms with Crippen LogP contribution in [0.15, 0.2) is 47.5 Å². The van der Waals surface area contributed by atoms with Crippen LogP contribution in [0.1, 0.15) is 33.7 Å². The van der Waals surface area contributed by atoms with E-state index in [0.29, 0.717) is 12.8 Å². The summed E-state index contributed by atoms with van der Waals surface area (Å²) in [6, 6.07) is 7.46. The van der Waals surface area contributed by atoms with Crippen molar-refractivity contribution < 1.29 is 22.4 Å². The molecule has 0 saturated carbocycles. The number of rotatable bonds is 3. The molecule has 2 aliphatic rings. The Labute approximate surface area is 155 Å². The molecule has 2 aromatic rings. The number of aromatic nitrogens is 1. The van der Waals surface area contributed by atoms with Crippen molar-refractivity contribution in [3.63, 3.8) is 0 Å². The van der Waals surface area contributed by atoms with E-state index in [2.05, 4.69) is 4.98 Å². The van der Waals surface area contributed by atoms with Gasteiger partial charge in [0.25, 0.3) is 11.8 Å². The van der Waals surface area contributed by atoms with Gasteiger partial charge >= 0.3 is 0 Å². The van der Waals surface area contributed by atoms with E-state index < -0.39 is 21.7 Å². The van der Waals surface area contributed by atoms with Crippen molar-refractivity contribution >= 4 is 21.8 Å². The van der Waals surface area contributed by atoms with Gasteiger partial charge in [-0.25, -0.2) is 12.8 Å². The minimum atomic E-state index is -3.74. The fourth-order valence-corrected chi connectivity index (χ4v) is 4.98. The summed E-state index contributed by atoms with van der Waals surface area (Å²) in [4.78, 5) is 30.3. The van der Waals surface area contributed by atoms with Gasteiger partial charge in [0.2, 0.25) is 10.0 Å². The molecule has 0 radical (unpaired) electrons. The topological polar surface area (TPSA) is 87.7 Å². The maximum atomic E-state index is 13.0. The molecular formula is C18H16FN3O4S. The molecule has 0 unspecified atom stereocenters. The summed E-state index contributed by atoms with van der Waals surface area (Å²) >= 11 is 0. The van der Waals surface area contributed by atoms with E-state index in [1.54, 1.807) is 12.1 Å². The second kappa shape index (κ2) is 6.50. The van der Waals surface area contributed by atoms with E-state index in [-0.39, 0.29) is 41.2 Å². The Morgan fingerprint density at radius 3 is 2.30 bits per heavy atom. The van der Waals surface area contributed by atoms with Gasteiger partial charge in [0.1, 0.15) is 11.5 Å². The molecule has 1 aromatic carbocycles. The Kier molecular flexibility index (Phi) is 4.27. The molecule has 0 aliphatic carbocycles. The highest BCUT2D eigenvalue weighted by molar-refractivity contribution is 7.89. The lowest BCUT2D eigenvalue weighted by Gasteiger charge is -2.34. The van der Waals surface area contributed by atoms with Crippen LogP contribution in [0, 0.1) is 5.82 Å². The van der Waals surface area contributed by atoms with Crippen molar-refractivity contribution in [1.29, 1.82) is 0 Å². The third-order valence-electron chi connectivity index (χ3n) is 4.92. The zero-order chi connectivity index (χ0) is 19.2. The normalized spacial score (nSPS) is 18.8. The smallest absolute Gasteiger partial charge is 0.270 e. The number of imide groups is 1. The third-order valence-corrected chi connectivity index (χ3v) is 6.83. The molecule has 9 heteroatoms. The van der Waals surface area contributed by atoms with E-state index in [9.17, 15) is 22.4 Å². The van der Waals surface area contributed by atoms with Crippen molar-refractivity contribution in [3.05, 3.63) is 59.7 Å². The van der Waals surface area contributed by atoms with Gasteiger partial charge in [-0.2, -0.15) is 4.31 Å². The van der Waals surface area contributed by atoms with Gasteiger partial charge in [0.15, 0.2) is 0 Å². The number of halogens is 1. The van der Waals surface area contributed by atoms with Crippen LogP contribution in [-0.2, 0) is 10.0 Å². The summed E-state index contributed by atoms with van der Waals surface area (Å²) in [5.74, 6) is -1.33. The molecule has 1 saturated heterocycles. The first-order chi connectivity index (χ1) is 12.9. The summed E-state index contributed by atoms with van der Waals surface area (Å²) < 4.78 is 39.7. The first kappa shape index (κ1) is 17.7. The van der Waals surface area contributed by atoms with Crippen LogP contribution >= 0.6 is 0 Å². The van der Waals surface area contributed by atoms with E-state index in [1.165, 1.54) is 27.5 Å². The van der Waals surface area contributed by atoms with Crippen molar-refractivity contribution in [1.82, 2.24) is 14.2 Å².